The van der Waals surface area contributed by atoms with Crippen LogP contribution in [0.3, 0.4) is 0 Å². The van der Waals surface area contributed by atoms with Gasteiger partial charge < -0.3 is 9.13 Å². The maximum Gasteiger partial charge on any atom is 0.0804 e. The second-order valence-electron chi connectivity index (χ2n) is 13.9. The van der Waals surface area contributed by atoms with E-state index < -0.39 is 0 Å². The Bertz CT molecular complexity index is 3290. The Hall–Kier alpha value is -7.04. The lowest BCUT2D eigenvalue weighted by Gasteiger charge is -2.11. The zero-order chi connectivity index (χ0) is 33.9. The van der Waals surface area contributed by atoms with Gasteiger partial charge in [-0.05, 0) is 88.1 Å². The van der Waals surface area contributed by atoms with Gasteiger partial charge in [0.1, 0.15) is 0 Å². The summed E-state index contributed by atoms with van der Waals surface area (Å²) < 4.78 is 4.77. The molecule has 0 radical (unpaired) electrons. The Morgan fingerprint density at radius 1 is 0.365 bits per heavy atom. The van der Waals surface area contributed by atoms with E-state index in [0.29, 0.717) is 0 Å². The van der Waals surface area contributed by atoms with E-state index in [9.17, 15) is 0 Å². The van der Waals surface area contributed by atoms with Gasteiger partial charge in [0.05, 0.1) is 39.6 Å². The largest absolute Gasteiger partial charge is 0.309 e. The molecule has 0 bridgehead atoms. The number of para-hydroxylation sites is 2. The highest BCUT2D eigenvalue weighted by atomic mass is 15.0. The average Bonchev–Trinajstić information content (AvgIpc) is 3.83. The lowest BCUT2D eigenvalue weighted by Crippen LogP contribution is -1.96. The van der Waals surface area contributed by atoms with E-state index in [4.69, 9.17) is 4.98 Å². The van der Waals surface area contributed by atoms with Gasteiger partial charge >= 0.3 is 0 Å². The summed E-state index contributed by atoms with van der Waals surface area (Å²) in [4.78, 5) is 9.64. The van der Waals surface area contributed by atoms with Crippen LogP contribution < -0.4 is 0 Å². The molecule has 11 aromatic rings. The molecule has 7 aromatic carbocycles. The molecule has 52 heavy (non-hydrogen) atoms. The SMILES string of the molecule is c1ccc(-n2c3ccccc3c3cc(-c4ccc5c(c4)c4cc6ccccc6cc4n5-c4cnc5c(c4)-c4cccc6cncc-5c46)ccc32)cc1. The highest BCUT2D eigenvalue weighted by molar-refractivity contribution is 6.17. The summed E-state index contributed by atoms with van der Waals surface area (Å²) >= 11 is 0. The second kappa shape index (κ2) is 10.3. The molecule has 240 valence electrons. The van der Waals surface area contributed by atoms with Crippen molar-refractivity contribution in [2.24, 2.45) is 0 Å². The van der Waals surface area contributed by atoms with Crippen molar-refractivity contribution in [1.82, 2.24) is 19.1 Å². The van der Waals surface area contributed by atoms with Crippen molar-refractivity contribution >= 4 is 65.2 Å². The van der Waals surface area contributed by atoms with Gasteiger partial charge in [-0.15, -0.1) is 0 Å². The van der Waals surface area contributed by atoms with E-state index in [1.807, 2.05) is 18.6 Å². The molecule has 4 nitrogen and oxygen atoms in total. The lowest BCUT2D eigenvalue weighted by molar-refractivity contribution is 1.15. The maximum atomic E-state index is 5.11. The topological polar surface area (TPSA) is 35.6 Å². The number of rotatable bonds is 3. The van der Waals surface area contributed by atoms with Crippen LogP contribution in [0, 0.1) is 0 Å². The fraction of sp³-hybridized carbons (Fsp3) is 0. The molecule has 0 amide bonds. The Balaban J connectivity index is 1.09. The van der Waals surface area contributed by atoms with Crippen LogP contribution in [0.5, 0.6) is 0 Å². The van der Waals surface area contributed by atoms with E-state index in [0.717, 1.165) is 33.4 Å². The fourth-order valence-electron chi connectivity index (χ4n) is 8.81. The number of pyridine rings is 2. The van der Waals surface area contributed by atoms with E-state index in [2.05, 4.69) is 166 Å². The zero-order valence-electron chi connectivity index (χ0n) is 28.0. The molecule has 0 atom stereocenters. The molecule has 0 saturated heterocycles. The molecule has 12 rings (SSSR count). The Morgan fingerprint density at radius 2 is 1.02 bits per heavy atom. The monoisotopic (exact) mass is 660 g/mol. The summed E-state index contributed by atoms with van der Waals surface area (Å²) in [7, 11) is 0. The summed E-state index contributed by atoms with van der Waals surface area (Å²) in [5.74, 6) is 0. The molecule has 1 aliphatic carbocycles. The van der Waals surface area contributed by atoms with Gasteiger partial charge in [0.2, 0.25) is 0 Å². The van der Waals surface area contributed by atoms with E-state index in [1.54, 1.807) is 0 Å². The van der Waals surface area contributed by atoms with Crippen LogP contribution in [0.15, 0.2) is 170 Å². The summed E-state index contributed by atoms with van der Waals surface area (Å²) in [5.41, 5.74) is 13.8. The van der Waals surface area contributed by atoms with Gasteiger partial charge in [-0.2, -0.15) is 0 Å². The third-order valence-electron chi connectivity index (χ3n) is 11.1. The third kappa shape index (κ3) is 3.75. The van der Waals surface area contributed by atoms with Crippen molar-refractivity contribution < 1.29 is 0 Å². The normalized spacial score (nSPS) is 12.2. The minimum atomic E-state index is 1.00. The molecular formula is C48H28N4. The third-order valence-corrected chi connectivity index (χ3v) is 11.1. The number of hydrogen-bond donors (Lipinski definition) is 0. The maximum absolute atomic E-state index is 5.11. The molecule has 0 fully saturated rings. The molecular weight excluding hydrogens is 633 g/mol. The zero-order valence-corrected chi connectivity index (χ0v) is 28.0. The standard InChI is InChI=1S/C48H28N4/c1-2-12-34(13-3-1)51-43-16-7-6-14-36(43)38-22-31(17-19-44(38)51)32-18-20-45-39(23-32)40-21-29-9-4-5-10-30(29)24-46(40)52(45)35-25-41-37-15-8-11-33-26-49-28-42(47(33)37)48(41)50-27-35/h1-28H. The van der Waals surface area contributed by atoms with Crippen LogP contribution in [-0.2, 0) is 0 Å². The minimum absolute atomic E-state index is 1.00. The van der Waals surface area contributed by atoms with Gasteiger partial charge in [-0.1, -0.05) is 91.0 Å². The highest BCUT2D eigenvalue weighted by Crippen LogP contribution is 2.47. The van der Waals surface area contributed by atoms with E-state index in [-0.39, 0.29) is 0 Å². The van der Waals surface area contributed by atoms with Crippen LogP contribution in [0.2, 0.25) is 0 Å². The summed E-state index contributed by atoms with van der Waals surface area (Å²) in [6.45, 7) is 0. The Kier molecular flexibility index (Phi) is 5.47. The van der Waals surface area contributed by atoms with Crippen molar-refractivity contribution in [3.05, 3.63) is 170 Å². The van der Waals surface area contributed by atoms with Crippen LogP contribution in [-0.4, -0.2) is 19.1 Å². The summed E-state index contributed by atoms with van der Waals surface area (Å²) in [6, 6.07) is 55.4. The fourth-order valence-corrected chi connectivity index (χ4v) is 8.81. The second-order valence-corrected chi connectivity index (χ2v) is 13.9. The first kappa shape index (κ1) is 27.7. The van der Waals surface area contributed by atoms with Crippen molar-refractivity contribution in [3.63, 3.8) is 0 Å². The molecule has 0 aliphatic heterocycles. The first-order valence-electron chi connectivity index (χ1n) is 17.7. The first-order valence-corrected chi connectivity index (χ1v) is 17.7. The molecule has 0 saturated carbocycles. The first-order chi connectivity index (χ1) is 25.8. The number of hydrogen-bond acceptors (Lipinski definition) is 2. The molecule has 1 aliphatic rings. The number of fused-ring (bicyclic) bond motifs is 10. The average molecular weight is 661 g/mol. The van der Waals surface area contributed by atoms with Crippen LogP contribution >= 0.6 is 0 Å². The van der Waals surface area contributed by atoms with Crippen molar-refractivity contribution in [2.45, 2.75) is 0 Å². The number of benzene rings is 7. The summed E-state index contributed by atoms with van der Waals surface area (Å²) in [6.07, 6.45) is 5.93. The van der Waals surface area contributed by atoms with Gasteiger partial charge in [0, 0.05) is 61.5 Å². The van der Waals surface area contributed by atoms with Crippen LogP contribution in [0.1, 0.15) is 0 Å². The van der Waals surface area contributed by atoms with Crippen molar-refractivity contribution in [1.29, 1.82) is 0 Å². The van der Waals surface area contributed by atoms with Crippen LogP contribution in [0.4, 0.5) is 0 Å². The number of aromatic nitrogens is 4. The summed E-state index contributed by atoms with van der Waals surface area (Å²) in [5, 5.41) is 9.79. The minimum Gasteiger partial charge on any atom is -0.309 e. The smallest absolute Gasteiger partial charge is 0.0804 e. The predicted octanol–water partition coefficient (Wildman–Crippen LogP) is 12.3. The van der Waals surface area contributed by atoms with Gasteiger partial charge in [-0.3, -0.25) is 9.97 Å². The Morgan fingerprint density at radius 3 is 1.85 bits per heavy atom. The predicted molar refractivity (Wildman–Crippen MR) is 216 cm³/mol. The van der Waals surface area contributed by atoms with Gasteiger partial charge in [0.25, 0.3) is 0 Å². The van der Waals surface area contributed by atoms with Crippen molar-refractivity contribution in [3.8, 4) is 44.9 Å². The van der Waals surface area contributed by atoms with E-state index in [1.165, 1.54) is 76.6 Å². The lowest BCUT2D eigenvalue weighted by atomic mass is 10.00. The quantitative estimate of drug-likeness (QED) is 0.189. The molecule has 4 heterocycles. The highest BCUT2D eigenvalue weighted by Gasteiger charge is 2.24. The van der Waals surface area contributed by atoms with Crippen LogP contribution in [0.25, 0.3) is 110 Å². The molecule has 0 unspecified atom stereocenters. The molecule has 4 heteroatoms. The van der Waals surface area contributed by atoms with E-state index >= 15 is 0 Å². The Labute approximate surface area is 298 Å². The molecule has 4 aromatic heterocycles. The van der Waals surface area contributed by atoms with Gasteiger partial charge in [-0.25, -0.2) is 0 Å². The number of nitrogens with zero attached hydrogens (tertiary/aromatic N) is 4. The van der Waals surface area contributed by atoms with Crippen molar-refractivity contribution in [2.75, 3.05) is 0 Å². The molecule has 0 N–H and O–H groups in total. The molecule has 0 spiro atoms. The van der Waals surface area contributed by atoms with Gasteiger partial charge in [0.15, 0.2) is 0 Å².